The first kappa shape index (κ1) is 7.80. The van der Waals surface area contributed by atoms with E-state index in [1.165, 1.54) is 17.8 Å². The van der Waals surface area contributed by atoms with E-state index in [1.807, 2.05) is 17.9 Å². The number of hydrogen-bond donors (Lipinski definition) is 0. The molecule has 12 heavy (non-hydrogen) atoms. The summed E-state index contributed by atoms with van der Waals surface area (Å²) in [6.45, 7) is 5.62. The molecule has 0 N–H and O–H groups in total. The molecule has 0 aliphatic carbocycles. The first-order chi connectivity index (χ1) is 5.81. The summed E-state index contributed by atoms with van der Waals surface area (Å²) < 4.78 is 2.00. The summed E-state index contributed by atoms with van der Waals surface area (Å²) in [5, 5.41) is 4.26. The van der Waals surface area contributed by atoms with Crippen molar-refractivity contribution < 1.29 is 0 Å². The number of aromatic nitrogens is 2. The van der Waals surface area contributed by atoms with E-state index in [2.05, 4.69) is 16.9 Å². The van der Waals surface area contributed by atoms with Crippen molar-refractivity contribution >= 4 is 0 Å². The summed E-state index contributed by atoms with van der Waals surface area (Å²) in [4.78, 5) is 2.45. The molecule has 0 unspecified atom stereocenters. The van der Waals surface area contributed by atoms with Crippen LogP contribution in [0.2, 0.25) is 0 Å². The number of fused-ring (bicyclic) bond motifs is 1. The molecule has 2 heterocycles. The van der Waals surface area contributed by atoms with Gasteiger partial charge in [0.25, 0.3) is 0 Å². The maximum absolute atomic E-state index is 4.26. The van der Waals surface area contributed by atoms with E-state index in [1.54, 1.807) is 0 Å². The van der Waals surface area contributed by atoms with Gasteiger partial charge in [-0.2, -0.15) is 5.10 Å². The van der Waals surface area contributed by atoms with Crippen molar-refractivity contribution in [2.45, 2.75) is 19.9 Å². The van der Waals surface area contributed by atoms with Gasteiger partial charge in [0.05, 0.1) is 6.20 Å². The molecule has 0 spiro atoms. The van der Waals surface area contributed by atoms with E-state index in [-0.39, 0.29) is 0 Å². The van der Waals surface area contributed by atoms with Crippen LogP contribution in [-0.2, 0) is 20.0 Å². The minimum atomic E-state index is 1.08. The fourth-order valence-electron chi connectivity index (χ4n) is 1.82. The Bertz CT molecular complexity index is 277. The molecule has 1 aromatic heterocycles. The van der Waals surface area contributed by atoms with Crippen molar-refractivity contribution in [2.75, 3.05) is 13.1 Å². The van der Waals surface area contributed by atoms with E-state index in [9.17, 15) is 0 Å². The van der Waals surface area contributed by atoms with Crippen LogP contribution in [0, 0.1) is 0 Å². The van der Waals surface area contributed by atoms with Crippen LogP contribution in [-0.4, -0.2) is 27.8 Å². The predicted molar refractivity (Wildman–Crippen MR) is 47.9 cm³/mol. The van der Waals surface area contributed by atoms with Gasteiger partial charge in [0.2, 0.25) is 0 Å². The second-order valence-electron chi connectivity index (χ2n) is 3.36. The molecular formula is C9H15N3. The molecule has 66 valence electrons. The zero-order chi connectivity index (χ0) is 8.55. The van der Waals surface area contributed by atoms with Crippen LogP contribution in [0.4, 0.5) is 0 Å². The second-order valence-corrected chi connectivity index (χ2v) is 3.36. The van der Waals surface area contributed by atoms with Crippen molar-refractivity contribution in [2.24, 2.45) is 7.05 Å². The van der Waals surface area contributed by atoms with Gasteiger partial charge in [-0.05, 0) is 6.54 Å². The van der Waals surface area contributed by atoms with Crippen LogP contribution in [0.1, 0.15) is 18.2 Å². The van der Waals surface area contributed by atoms with Gasteiger partial charge in [-0.25, -0.2) is 0 Å². The number of likely N-dealkylation sites (N-methyl/N-ethyl adjacent to an activating group) is 1. The topological polar surface area (TPSA) is 21.1 Å². The summed E-state index contributed by atoms with van der Waals surface area (Å²) in [5.74, 6) is 0. The highest BCUT2D eigenvalue weighted by Crippen LogP contribution is 2.16. The van der Waals surface area contributed by atoms with Crippen molar-refractivity contribution in [1.82, 2.24) is 14.7 Å². The lowest BCUT2D eigenvalue weighted by Crippen LogP contribution is -2.30. The second kappa shape index (κ2) is 2.90. The number of rotatable bonds is 1. The third-order valence-corrected chi connectivity index (χ3v) is 2.65. The molecule has 1 aromatic rings. The fraction of sp³-hybridized carbons (Fsp3) is 0.667. The maximum Gasteiger partial charge on any atom is 0.0537 e. The minimum absolute atomic E-state index is 1.08. The van der Waals surface area contributed by atoms with Gasteiger partial charge in [-0.15, -0.1) is 0 Å². The SMILES string of the molecule is CCN1CCc2c(cnn2C)C1. The van der Waals surface area contributed by atoms with Crippen molar-refractivity contribution in [3.05, 3.63) is 17.5 Å². The molecule has 3 nitrogen and oxygen atoms in total. The Morgan fingerprint density at radius 1 is 1.58 bits per heavy atom. The van der Waals surface area contributed by atoms with Crippen molar-refractivity contribution in [3.63, 3.8) is 0 Å². The fourth-order valence-corrected chi connectivity index (χ4v) is 1.82. The number of nitrogens with zero attached hydrogens (tertiary/aromatic N) is 3. The smallest absolute Gasteiger partial charge is 0.0537 e. The molecular weight excluding hydrogens is 150 g/mol. The van der Waals surface area contributed by atoms with Crippen molar-refractivity contribution in [1.29, 1.82) is 0 Å². The van der Waals surface area contributed by atoms with Crippen LogP contribution in [0.25, 0.3) is 0 Å². The van der Waals surface area contributed by atoms with E-state index in [0.29, 0.717) is 0 Å². The van der Waals surface area contributed by atoms with Gasteiger partial charge in [0.1, 0.15) is 0 Å². The van der Waals surface area contributed by atoms with Gasteiger partial charge in [0.15, 0.2) is 0 Å². The van der Waals surface area contributed by atoms with Gasteiger partial charge in [-0.1, -0.05) is 6.92 Å². The summed E-state index contributed by atoms with van der Waals surface area (Å²) in [6, 6.07) is 0. The average molecular weight is 165 g/mol. The van der Waals surface area contributed by atoms with Gasteiger partial charge < -0.3 is 0 Å². The summed E-state index contributed by atoms with van der Waals surface area (Å²) in [6.07, 6.45) is 3.15. The highest BCUT2D eigenvalue weighted by molar-refractivity contribution is 5.20. The molecule has 0 radical (unpaired) electrons. The van der Waals surface area contributed by atoms with E-state index >= 15 is 0 Å². The summed E-state index contributed by atoms with van der Waals surface area (Å²) in [5.41, 5.74) is 2.82. The first-order valence-electron chi connectivity index (χ1n) is 4.53. The number of hydrogen-bond acceptors (Lipinski definition) is 2. The highest BCUT2D eigenvalue weighted by atomic mass is 15.3. The Balaban J connectivity index is 2.24. The van der Waals surface area contributed by atoms with Crippen LogP contribution < -0.4 is 0 Å². The largest absolute Gasteiger partial charge is 0.299 e. The Kier molecular flexibility index (Phi) is 1.89. The zero-order valence-corrected chi connectivity index (χ0v) is 7.75. The third kappa shape index (κ3) is 1.14. The van der Waals surface area contributed by atoms with E-state index in [0.717, 1.165) is 19.5 Å². The maximum atomic E-state index is 4.26. The normalized spacial score (nSPS) is 17.8. The standard InChI is InChI=1S/C9H15N3/c1-3-12-5-4-9-8(7-12)6-10-11(9)2/h6H,3-5,7H2,1-2H3. The molecule has 1 aliphatic heterocycles. The minimum Gasteiger partial charge on any atom is -0.299 e. The lowest BCUT2D eigenvalue weighted by Gasteiger charge is -2.25. The molecule has 0 amide bonds. The molecule has 0 saturated heterocycles. The van der Waals surface area contributed by atoms with Gasteiger partial charge in [-0.3, -0.25) is 9.58 Å². The lowest BCUT2D eigenvalue weighted by molar-refractivity contribution is 0.265. The molecule has 3 heteroatoms. The monoisotopic (exact) mass is 165 g/mol. The quantitative estimate of drug-likeness (QED) is 0.613. The molecule has 0 fully saturated rings. The van der Waals surface area contributed by atoms with E-state index < -0.39 is 0 Å². The average Bonchev–Trinajstić information content (AvgIpc) is 2.47. The van der Waals surface area contributed by atoms with Crippen LogP contribution in [0.3, 0.4) is 0 Å². The molecule has 0 aromatic carbocycles. The Morgan fingerprint density at radius 2 is 2.42 bits per heavy atom. The Morgan fingerprint density at radius 3 is 3.17 bits per heavy atom. The molecule has 2 rings (SSSR count). The van der Waals surface area contributed by atoms with Crippen LogP contribution >= 0.6 is 0 Å². The lowest BCUT2D eigenvalue weighted by atomic mass is 10.1. The van der Waals surface area contributed by atoms with Crippen LogP contribution in [0.5, 0.6) is 0 Å². The molecule has 0 atom stereocenters. The summed E-state index contributed by atoms with van der Waals surface area (Å²) >= 11 is 0. The predicted octanol–water partition coefficient (Wildman–Crippen LogP) is 0.798. The molecule has 0 bridgehead atoms. The Labute approximate surface area is 73.0 Å². The summed E-state index contributed by atoms with van der Waals surface area (Å²) in [7, 11) is 2.03. The Hall–Kier alpha value is -0.830. The molecule has 0 saturated carbocycles. The van der Waals surface area contributed by atoms with Crippen molar-refractivity contribution in [3.8, 4) is 0 Å². The van der Waals surface area contributed by atoms with Gasteiger partial charge >= 0.3 is 0 Å². The van der Waals surface area contributed by atoms with E-state index in [4.69, 9.17) is 0 Å². The zero-order valence-electron chi connectivity index (χ0n) is 7.75. The highest BCUT2D eigenvalue weighted by Gasteiger charge is 2.17. The van der Waals surface area contributed by atoms with Crippen LogP contribution in [0.15, 0.2) is 6.20 Å². The third-order valence-electron chi connectivity index (χ3n) is 2.65. The number of aryl methyl sites for hydroxylation is 1. The first-order valence-corrected chi connectivity index (χ1v) is 4.53. The van der Waals surface area contributed by atoms with Gasteiger partial charge in [0, 0.05) is 37.8 Å². The molecule has 1 aliphatic rings.